The highest BCUT2D eigenvalue weighted by Crippen LogP contribution is 2.22. The van der Waals surface area contributed by atoms with Gasteiger partial charge in [-0.3, -0.25) is 9.59 Å². The van der Waals surface area contributed by atoms with Crippen LogP contribution in [0.3, 0.4) is 0 Å². The third kappa shape index (κ3) is 11.4. The lowest BCUT2D eigenvalue weighted by Gasteiger charge is -2.30. The van der Waals surface area contributed by atoms with Gasteiger partial charge in [0.15, 0.2) is 5.92 Å². The highest BCUT2D eigenvalue weighted by molar-refractivity contribution is 7.99. The van der Waals surface area contributed by atoms with Crippen LogP contribution in [-0.2, 0) is 14.4 Å². The van der Waals surface area contributed by atoms with Crippen molar-refractivity contribution in [3.63, 3.8) is 0 Å². The number of hydrogen-bond donors (Lipinski definition) is 4. The molecule has 0 aromatic heterocycles. The molecule has 0 saturated heterocycles. The number of amides is 1. The van der Waals surface area contributed by atoms with Crippen molar-refractivity contribution in [1.29, 1.82) is 5.26 Å². The summed E-state index contributed by atoms with van der Waals surface area (Å²) in [5, 5.41) is 31.6. The molecule has 0 aromatic carbocycles. The summed E-state index contributed by atoms with van der Waals surface area (Å²) >= 11 is 0.821. The largest absolute Gasteiger partial charge is 0.480 e. The van der Waals surface area contributed by atoms with Gasteiger partial charge >= 0.3 is 11.9 Å². The van der Waals surface area contributed by atoms with Gasteiger partial charge in [0.2, 0.25) is 5.91 Å². The lowest BCUT2D eigenvalue weighted by molar-refractivity contribution is -0.140. The number of rotatable bonds is 9. The van der Waals surface area contributed by atoms with E-state index in [1.54, 1.807) is 0 Å². The quantitative estimate of drug-likeness (QED) is 0.426. The van der Waals surface area contributed by atoms with Crippen molar-refractivity contribution in [3.8, 4) is 6.07 Å². The molecule has 9 heteroatoms. The molecule has 8 nitrogen and oxygen atoms in total. The number of carboxylic acids is 2. The maximum Gasteiger partial charge on any atom is 0.327 e. The Kier molecular flexibility index (Phi) is 10.8. The van der Waals surface area contributed by atoms with Crippen LogP contribution in [0.15, 0.2) is 0 Å². The molecule has 1 amide bonds. The zero-order valence-electron chi connectivity index (χ0n) is 20.3. The Labute approximate surface area is 187 Å². The van der Waals surface area contributed by atoms with Gasteiger partial charge in [-0.1, -0.05) is 38.5 Å². The number of nitrogens with one attached hydrogen (secondary N) is 2. The molecule has 30 heavy (non-hydrogen) atoms. The highest BCUT2D eigenvalue weighted by Gasteiger charge is 2.21. The minimum absolute atomic E-state index is 0.167. The predicted molar refractivity (Wildman–Crippen MR) is 116 cm³/mol. The van der Waals surface area contributed by atoms with Gasteiger partial charge in [0.05, 0.1) is 6.07 Å². The number of carbonyl (C=O) groups excluding carboxylic acids is 1. The monoisotopic (exact) mass is 444 g/mol. The number of hydrogen-bond acceptors (Lipinski definition) is 6. The van der Waals surface area contributed by atoms with Crippen molar-refractivity contribution < 1.29 is 28.7 Å². The molecule has 1 unspecified atom stereocenters. The van der Waals surface area contributed by atoms with Crippen molar-refractivity contribution in [3.05, 3.63) is 0 Å². The molecule has 4 N–H and O–H groups in total. The molecule has 2 saturated carbocycles. The van der Waals surface area contributed by atoms with E-state index in [4.69, 9.17) is 19.6 Å². The van der Waals surface area contributed by atoms with Crippen molar-refractivity contribution in [2.24, 2.45) is 5.92 Å². The number of nitriles is 1. The summed E-state index contributed by atoms with van der Waals surface area (Å²) < 4.78 is 20.4. The maximum absolute atomic E-state index is 11.1. The van der Waals surface area contributed by atoms with Gasteiger partial charge < -0.3 is 20.8 Å². The van der Waals surface area contributed by atoms with Gasteiger partial charge in [0.1, 0.15) is 6.04 Å². The number of aliphatic carboxylic acids is 2. The van der Waals surface area contributed by atoms with Crippen LogP contribution < -0.4 is 10.6 Å². The van der Waals surface area contributed by atoms with Crippen LogP contribution in [-0.4, -0.2) is 57.7 Å². The Morgan fingerprint density at radius 1 is 1.00 bits per heavy atom. The normalized spacial score (nSPS) is 21.4. The highest BCUT2D eigenvalue weighted by atomic mass is 32.2. The molecule has 0 bridgehead atoms. The molecule has 0 heterocycles. The van der Waals surface area contributed by atoms with Crippen LogP contribution in [0.5, 0.6) is 0 Å². The number of carbonyl (C=O) groups is 3. The number of thioether (sulfide) groups is 1. The van der Waals surface area contributed by atoms with Crippen molar-refractivity contribution in [2.75, 3.05) is 11.5 Å². The topological polar surface area (TPSA) is 140 Å². The summed E-state index contributed by atoms with van der Waals surface area (Å²) in [4.78, 5) is 32.5. The van der Waals surface area contributed by atoms with E-state index >= 15 is 0 Å². The lowest BCUT2D eigenvalue weighted by Crippen LogP contribution is -2.41. The molecule has 170 valence electrons. The Bertz CT molecular complexity index is 659. The van der Waals surface area contributed by atoms with Gasteiger partial charge in [-0.25, -0.2) is 4.79 Å². The first-order chi connectivity index (χ1) is 15.5. The third-order valence-corrected chi connectivity index (χ3v) is 6.45. The van der Waals surface area contributed by atoms with E-state index in [0.29, 0.717) is 0 Å². The molecule has 0 radical (unpaired) electrons. The van der Waals surface area contributed by atoms with Crippen molar-refractivity contribution in [1.82, 2.24) is 10.6 Å². The molecule has 2 rings (SSSR count). The number of carboxylic acid groups (broad SMARTS) is 2. The summed E-state index contributed by atoms with van der Waals surface area (Å²) in [5.74, 6) is -5.90. The van der Waals surface area contributed by atoms with Gasteiger partial charge in [-0.2, -0.15) is 17.0 Å². The Hall–Kier alpha value is -1.79. The van der Waals surface area contributed by atoms with Gasteiger partial charge in [0, 0.05) is 34.6 Å². The summed E-state index contributed by atoms with van der Waals surface area (Å²) in [7, 11) is 0. The molecule has 2 aliphatic rings. The third-order valence-electron chi connectivity index (χ3n) is 5.31. The Morgan fingerprint density at radius 2 is 1.53 bits per heavy atom. The van der Waals surface area contributed by atoms with E-state index in [1.165, 1.54) is 70.3 Å². The fraction of sp³-hybridized carbons (Fsp3) is 0.810. The average molecular weight is 445 g/mol. The minimum atomic E-state index is -2.96. The summed E-state index contributed by atoms with van der Waals surface area (Å²) in [6.07, 6.45) is 14.6. The molecule has 0 spiro atoms. The zero-order chi connectivity index (χ0) is 24.9. The zero-order valence-corrected chi connectivity index (χ0v) is 18.1. The first-order valence-electron chi connectivity index (χ1n) is 12.0. The second-order valence-electron chi connectivity index (χ2n) is 7.76. The van der Waals surface area contributed by atoms with Crippen LogP contribution in [0.2, 0.25) is 0 Å². The minimum Gasteiger partial charge on any atom is -0.480 e. The van der Waals surface area contributed by atoms with E-state index in [1.807, 2.05) is 5.32 Å². The Morgan fingerprint density at radius 3 is 1.93 bits per heavy atom. The molecule has 2 fully saturated rings. The van der Waals surface area contributed by atoms with Crippen molar-refractivity contribution in [2.45, 2.75) is 89.2 Å². The van der Waals surface area contributed by atoms with E-state index in [0.717, 1.165) is 23.8 Å². The Balaban J connectivity index is 0.000000357. The van der Waals surface area contributed by atoms with Crippen LogP contribution in [0.1, 0.15) is 75.2 Å². The SMILES string of the molecule is C1CCC(NC2CCCCC2)CC1.[2H]C([2H])([2H])C(=O)N[C@@H](CSCC(C#N)C(=O)O)C(=O)O. The molecule has 0 aromatic rings. The summed E-state index contributed by atoms with van der Waals surface area (Å²) in [5.41, 5.74) is 0. The van der Waals surface area contributed by atoms with Gasteiger partial charge in [0.25, 0.3) is 0 Å². The average Bonchev–Trinajstić information content (AvgIpc) is 2.76. The molecular formula is C21H35N3O5S. The first kappa shape index (κ1) is 21.4. The predicted octanol–water partition coefficient (Wildman–Crippen LogP) is 2.77. The van der Waals surface area contributed by atoms with E-state index in [-0.39, 0.29) is 11.5 Å². The molecular weight excluding hydrogens is 406 g/mol. The van der Waals surface area contributed by atoms with Crippen LogP contribution in [0.4, 0.5) is 0 Å². The van der Waals surface area contributed by atoms with E-state index in [2.05, 4.69) is 5.32 Å². The molecule has 2 aliphatic carbocycles. The smallest absolute Gasteiger partial charge is 0.327 e. The van der Waals surface area contributed by atoms with Gasteiger partial charge in [-0.05, 0) is 25.7 Å². The van der Waals surface area contributed by atoms with Crippen LogP contribution in [0, 0.1) is 17.2 Å². The van der Waals surface area contributed by atoms with Crippen LogP contribution >= 0.6 is 11.8 Å². The summed E-state index contributed by atoms with van der Waals surface area (Å²) in [6.45, 7) is -2.96. The fourth-order valence-corrected chi connectivity index (χ4v) is 4.72. The standard InChI is InChI=1S/C12H23N.C9H12N2O5S/c1-3-7-11(8-4-1)13-12-9-5-2-6-10-12;1-5(12)11-7(9(15)16)4-17-3-6(2-10)8(13)14/h11-13H,1-10H2;6-7H,3-4H2,1H3,(H,11,12)(H,13,14)(H,15,16)/t;6?,7-/m.0/s1/i;1D3. The fourth-order valence-electron chi connectivity index (χ4n) is 3.67. The number of nitrogens with zero attached hydrogens (tertiary/aromatic N) is 1. The second kappa shape index (κ2) is 15.1. The summed E-state index contributed by atoms with van der Waals surface area (Å²) in [6, 6.07) is 1.80. The molecule has 0 aliphatic heterocycles. The van der Waals surface area contributed by atoms with E-state index in [9.17, 15) is 14.4 Å². The van der Waals surface area contributed by atoms with Crippen LogP contribution in [0.25, 0.3) is 0 Å². The maximum atomic E-state index is 11.1. The first-order valence-corrected chi connectivity index (χ1v) is 11.7. The second-order valence-corrected chi connectivity index (χ2v) is 8.83. The van der Waals surface area contributed by atoms with E-state index < -0.39 is 36.7 Å². The molecule has 2 atom stereocenters. The van der Waals surface area contributed by atoms with Gasteiger partial charge in [-0.15, -0.1) is 0 Å². The van der Waals surface area contributed by atoms with Crippen molar-refractivity contribution >= 4 is 29.6 Å². The lowest BCUT2D eigenvalue weighted by atomic mass is 9.91.